The highest BCUT2D eigenvalue weighted by Gasteiger charge is 2.09. The number of sulfone groups is 1. The molecule has 13 heavy (non-hydrogen) atoms. The van der Waals surface area contributed by atoms with Crippen molar-refractivity contribution in [3.8, 4) is 0 Å². The zero-order chi connectivity index (χ0) is 10.1. The Morgan fingerprint density at radius 2 is 1.85 bits per heavy atom. The summed E-state index contributed by atoms with van der Waals surface area (Å²) in [6.45, 7) is 0. The summed E-state index contributed by atoms with van der Waals surface area (Å²) in [5.74, 6) is 0. The molecule has 0 radical (unpaired) electrons. The van der Waals surface area contributed by atoms with Crippen LogP contribution in [0.5, 0.6) is 0 Å². The summed E-state index contributed by atoms with van der Waals surface area (Å²) in [4.78, 5) is 6.61. The third-order valence-corrected chi connectivity index (χ3v) is 2.60. The van der Waals surface area contributed by atoms with E-state index in [1.54, 1.807) is 0 Å². The largest absolute Gasteiger partial charge is 0.768 e. The lowest BCUT2D eigenvalue weighted by molar-refractivity contribution is 0.535. The molecular formula is C5H5N2O4S2-. The predicted molar refractivity (Wildman–Crippen MR) is 42.3 cm³/mol. The average Bonchev–Trinajstić information content (AvgIpc) is 2.03. The van der Waals surface area contributed by atoms with Gasteiger partial charge in [-0.25, -0.2) is 18.4 Å². The fourth-order valence-electron chi connectivity index (χ4n) is 0.582. The van der Waals surface area contributed by atoms with Crippen molar-refractivity contribution in [3.63, 3.8) is 0 Å². The van der Waals surface area contributed by atoms with Crippen molar-refractivity contribution in [3.05, 3.63) is 12.4 Å². The Balaban J connectivity index is 3.16. The molecule has 8 heteroatoms. The van der Waals surface area contributed by atoms with Gasteiger partial charge in [-0.2, -0.15) is 0 Å². The molecule has 0 saturated heterocycles. The molecule has 0 spiro atoms. The van der Waals surface area contributed by atoms with E-state index in [1.807, 2.05) is 0 Å². The van der Waals surface area contributed by atoms with Crippen molar-refractivity contribution < 1.29 is 17.2 Å². The van der Waals surface area contributed by atoms with Gasteiger partial charge in [0.2, 0.25) is 15.0 Å². The van der Waals surface area contributed by atoms with Gasteiger partial charge in [-0.1, -0.05) is 0 Å². The first-order valence-electron chi connectivity index (χ1n) is 3.02. The number of hydrogen-bond acceptors (Lipinski definition) is 6. The van der Waals surface area contributed by atoms with Crippen LogP contribution in [0.4, 0.5) is 0 Å². The molecule has 0 fully saturated rings. The maximum absolute atomic E-state index is 10.8. The van der Waals surface area contributed by atoms with Crippen LogP contribution in [-0.4, -0.2) is 33.4 Å². The SMILES string of the molecule is CS(=O)(=O)c1ncc(S(=O)[O-])cn1. The summed E-state index contributed by atoms with van der Waals surface area (Å²) in [5.41, 5.74) is 0. The molecule has 0 aliphatic rings. The molecule has 6 nitrogen and oxygen atoms in total. The Morgan fingerprint density at radius 3 is 2.15 bits per heavy atom. The fourth-order valence-corrected chi connectivity index (χ4v) is 1.35. The van der Waals surface area contributed by atoms with Gasteiger partial charge in [-0.3, -0.25) is 4.21 Å². The first kappa shape index (κ1) is 10.2. The van der Waals surface area contributed by atoms with Gasteiger partial charge in [-0.05, 0) is 11.1 Å². The molecule has 0 aliphatic heterocycles. The summed E-state index contributed by atoms with van der Waals surface area (Å²) in [7, 11) is -3.47. The summed E-state index contributed by atoms with van der Waals surface area (Å²) >= 11 is -2.43. The van der Waals surface area contributed by atoms with E-state index in [9.17, 15) is 17.2 Å². The van der Waals surface area contributed by atoms with Crippen LogP contribution in [0.1, 0.15) is 0 Å². The van der Waals surface area contributed by atoms with Crippen LogP contribution in [0.3, 0.4) is 0 Å². The van der Waals surface area contributed by atoms with Gasteiger partial charge in [0.25, 0.3) is 0 Å². The van der Waals surface area contributed by atoms with E-state index in [0.717, 1.165) is 18.6 Å². The maximum atomic E-state index is 10.8. The van der Waals surface area contributed by atoms with Gasteiger partial charge in [0.15, 0.2) is 0 Å². The lowest BCUT2D eigenvalue weighted by Crippen LogP contribution is -2.04. The Hall–Kier alpha value is -0.860. The van der Waals surface area contributed by atoms with Gasteiger partial charge in [0.05, 0.1) is 4.90 Å². The van der Waals surface area contributed by atoms with Crippen molar-refractivity contribution in [2.45, 2.75) is 10.1 Å². The lowest BCUT2D eigenvalue weighted by atomic mass is 10.7. The number of nitrogens with zero attached hydrogens (tertiary/aromatic N) is 2. The number of hydrogen-bond donors (Lipinski definition) is 0. The first-order chi connectivity index (χ1) is 5.91. The minimum Gasteiger partial charge on any atom is -0.768 e. The van der Waals surface area contributed by atoms with Crippen LogP contribution in [0, 0.1) is 0 Å². The van der Waals surface area contributed by atoms with Crippen molar-refractivity contribution in [1.82, 2.24) is 9.97 Å². The van der Waals surface area contributed by atoms with Crippen molar-refractivity contribution in [2.24, 2.45) is 0 Å². The number of aromatic nitrogens is 2. The zero-order valence-corrected chi connectivity index (χ0v) is 8.13. The molecule has 0 amide bonds. The second kappa shape index (κ2) is 3.48. The van der Waals surface area contributed by atoms with Gasteiger partial charge in [0, 0.05) is 18.6 Å². The summed E-state index contributed by atoms with van der Waals surface area (Å²) < 4.78 is 42.3. The van der Waals surface area contributed by atoms with Gasteiger partial charge < -0.3 is 4.55 Å². The van der Waals surface area contributed by atoms with Crippen LogP contribution in [0.15, 0.2) is 22.4 Å². The van der Waals surface area contributed by atoms with E-state index in [1.165, 1.54) is 0 Å². The summed E-state index contributed by atoms with van der Waals surface area (Å²) in [6, 6.07) is 0. The van der Waals surface area contributed by atoms with E-state index in [4.69, 9.17) is 0 Å². The number of rotatable bonds is 2. The highest BCUT2D eigenvalue weighted by molar-refractivity contribution is 7.90. The molecule has 1 unspecified atom stereocenters. The maximum Gasteiger partial charge on any atom is 0.246 e. The quantitative estimate of drug-likeness (QED) is 0.474. The van der Waals surface area contributed by atoms with Crippen molar-refractivity contribution in [2.75, 3.05) is 6.26 Å². The summed E-state index contributed by atoms with van der Waals surface area (Å²) in [6.07, 6.45) is 2.81. The Labute approximate surface area is 77.2 Å². The normalized spacial score (nSPS) is 14.0. The smallest absolute Gasteiger partial charge is 0.246 e. The van der Waals surface area contributed by atoms with Crippen molar-refractivity contribution in [1.29, 1.82) is 0 Å². The van der Waals surface area contributed by atoms with Gasteiger partial charge in [0.1, 0.15) is 0 Å². The van der Waals surface area contributed by atoms with Crippen LogP contribution in [0.2, 0.25) is 0 Å². The second-order valence-electron chi connectivity index (χ2n) is 2.21. The molecule has 1 atom stereocenters. The monoisotopic (exact) mass is 221 g/mol. The molecule has 1 aromatic heterocycles. The second-order valence-corrected chi connectivity index (χ2v) is 5.06. The Morgan fingerprint density at radius 1 is 1.38 bits per heavy atom. The standard InChI is InChI=1S/C5H6N2O4S2/c1-13(10,11)5-6-2-4(3-7-5)12(8)9/h2-3H,1H3,(H,8,9)/p-1. The molecular weight excluding hydrogens is 216 g/mol. The van der Waals surface area contributed by atoms with E-state index in [2.05, 4.69) is 9.97 Å². The minimum atomic E-state index is -3.47. The molecule has 0 aromatic carbocycles. The molecule has 1 aromatic rings. The van der Waals surface area contributed by atoms with Gasteiger partial charge >= 0.3 is 0 Å². The van der Waals surface area contributed by atoms with E-state index in [0.29, 0.717) is 0 Å². The Kier molecular flexibility index (Phi) is 2.74. The summed E-state index contributed by atoms with van der Waals surface area (Å²) in [5, 5.41) is -0.387. The lowest BCUT2D eigenvalue weighted by Gasteiger charge is -2.03. The third kappa shape index (κ3) is 2.54. The fraction of sp³-hybridized carbons (Fsp3) is 0.200. The van der Waals surface area contributed by atoms with Crippen LogP contribution >= 0.6 is 0 Å². The first-order valence-corrected chi connectivity index (χ1v) is 5.99. The predicted octanol–water partition coefficient (Wildman–Crippen LogP) is -0.882. The molecule has 0 bridgehead atoms. The molecule has 0 aliphatic carbocycles. The van der Waals surface area contributed by atoms with Crippen molar-refractivity contribution >= 4 is 20.9 Å². The van der Waals surface area contributed by atoms with E-state index >= 15 is 0 Å². The van der Waals surface area contributed by atoms with Gasteiger partial charge in [-0.15, -0.1) is 0 Å². The molecule has 0 saturated carbocycles. The van der Waals surface area contributed by atoms with E-state index in [-0.39, 0.29) is 10.1 Å². The van der Waals surface area contributed by atoms with Crippen LogP contribution < -0.4 is 0 Å². The molecule has 1 heterocycles. The molecule has 0 N–H and O–H groups in total. The van der Waals surface area contributed by atoms with E-state index < -0.39 is 20.9 Å². The van der Waals surface area contributed by atoms with Crippen LogP contribution in [-0.2, 0) is 20.9 Å². The Bertz CT molecular complexity index is 424. The molecule has 1 rings (SSSR count). The molecule has 72 valence electrons. The average molecular weight is 221 g/mol. The minimum absolute atomic E-state index is 0.146. The third-order valence-electron chi connectivity index (χ3n) is 1.13. The van der Waals surface area contributed by atoms with Crippen LogP contribution in [0.25, 0.3) is 0 Å². The topological polar surface area (TPSA) is 100 Å². The highest BCUT2D eigenvalue weighted by Crippen LogP contribution is 2.03. The highest BCUT2D eigenvalue weighted by atomic mass is 32.2. The zero-order valence-electron chi connectivity index (χ0n) is 6.50.